The number of aromatic nitrogens is 3. The van der Waals surface area contributed by atoms with Crippen molar-refractivity contribution in [2.45, 2.75) is 45.1 Å². The van der Waals surface area contributed by atoms with Crippen LogP contribution in [-0.2, 0) is 65.2 Å². The molecule has 0 radical (unpaired) electrons. The second kappa shape index (κ2) is 35.7. The zero-order valence-corrected chi connectivity index (χ0v) is 30.6. The van der Waals surface area contributed by atoms with Crippen molar-refractivity contribution in [3.8, 4) is 0 Å². The molecule has 0 bridgehead atoms. The molecule has 296 valence electrons. The zero-order chi connectivity index (χ0) is 36.9. The highest BCUT2D eigenvalue weighted by molar-refractivity contribution is 6.17. The van der Waals surface area contributed by atoms with Crippen LogP contribution in [0.5, 0.6) is 0 Å². The predicted molar refractivity (Wildman–Crippen MR) is 186 cm³/mol. The first-order valence-corrected chi connectivity index (χ1v) is 18.1. The summed E-state index contributed by atoms with van der Waals surface area (Å²) in [5.74, 6) is 0.402. The summed E-state index contributed by atoms with van der Waals surface area (Å²) in [4.78, 5) is 34.3. The summed E-state index contributed by atoms with van der Waals surface area (Å²) in [6.07, 6.45) is 6.06. The first-order valence-electron chi connectivity index (χ1n) is 17.5. The number of amides is 3. The zero-order valence-electron chi connectivity index (χ0n) is 29.9. The molecule has 18 nitrogen and oxygen atoms in total. The first-order chi connectivity index (χ1) is 25.0. The molecular formula is C32H59ClN6O12. The third kappa shape index (κ3) is 32.9. The molecule has 4 N–H and O–H groups in total. The van der Waals surface area contributed by atoms with Gasteiger partial charge in [0.15, 0.2) is 0 Å². The summed E-state index contributed by atoms with van der Waals surface area (Å²) in [6.45, 7) is 7.63. The van der Waals surface area contributed by atoms with Crippen LogP contribution in [0.15, 0.2) is 6.20 Å². The SMILES string of the molecule is NC(=O)OCCOCCOCCOCCn1cc(CCC(=O)NCCOCCOCCOCC(=O)NCCOCCOCCCCCCCl)nn1. The number of rotatable bonds is 38. The Labute approximate surface area is 305 Å². The first kappa shape index (κ1) is 46.3. The molecule has 0 aliphatic carbocycles. The maximum absolute atomic E-state index is 12.1. The van der Waals surface area contributed by atoms with Crippen LogP contribution in [0.3, 0.4) is 0 Å². The van der Waals surface area contributed by atoms with Gasteiger partial charge in [-0.05, 0) is 12.8 Å². The number of alkyl halides is 1. The second-order valence-electron chi connectivity index (χ2n) is 10.8. The fraction of sp³-hybridized carbons (Fsp3) is 0.844. The molecule has 51 heavy (non-hydrogen) atoms. The average Bonchev–Trinajstić information content (AvgIpc) is 3.58. The molecule has 0 spiro atoms. The van der Waals surface area contributed by atoms with Crippen LogP contribution < -0.4 is 16.4 Å². The molecule has 1 heterocycles. The van der Waals surface area contributed by atoms with Crippen molar-refractivity contribution >= 4 is 29.5 Å². The highest BCUT2D eigenvalue weighted by atomic mass is 35.5. The number of primary amides is 1. The topological polar surface area (TPSA) is 215 Å². The van der Waals surface area contributed by atoms with Crippen LogP contribution >= 0.6 is 11.6 Å². The number of unbranched alkanes of at least 4 members (excludes halogenated alkanes) is 3. The van der Waals surface area contributed by atoms with Gasteiger partial charge in [0, 0.05) is 44.6 Å². The smallest absolute Gasteiger partial charge is 0.404 e. The van der Waals surface area contributed by atoms with Crippen LogP contribution in [0.1, 0.15) is 37.8 Å². The van der Waals surface area contributed by atoms with Crippen molar-refractivity contribution in [2.75, 3.05) is 131 Å². The number of aryl methyl sites for hydroxylation is 1. The molecule has 19 heteroatoms. The summed E-state index contributed by atoms with van der Waals surface area (Å²) < 4.78 is 49.5. The predicted octanol–water partition coefficient (Wildman–Crippen LogP) is 0.470. The molecule has 0 aromatic carbocycles. The number of nitrogens with two attached hydrogens (primary N) is 1. The van der Waals surface area contributed by atoms with E-state index in [2.05, 4.69) is 25.7 Å². The number of halogens is 1. The van der Waals surface area contributed by atoms with Gasteiger partial charge in [0.05, 0.1) is 105 Å². The summed E-state index contributed by atoms with van der Waals surface area (Å²) in [6, 6.07) is 0. The lowest BCUT2D eigenvalue weighted by molar-refractivity contribution is -0.126. The molecular weight excluding hydrogens is 696 g/mol. The van der Waals surface area contributed by atoms with E-state index in [0.29, 0.717) is 111 Å². The molecule has 1 aromatic heterocycles. The van der Waals surface area contributed by atoms with Crippen molar-refractivity contribution in [1.29, 1.82) is 0 Å². The Kier molecular flexibility index (Phi) is 32.4. The van der Waals surface area contributed by atoms with Gasteiger partial charge < -0.3 is 59.0 Å². The molecule has 0 fully saturated rings. The standard InChI is InChI=1S/C32H59ClN6O12/c33-7-3-1-2-4-11-43-15-16-45-13-9-36-31(41)28-50-24-23-48-19-17-44-12-8-35-30(40)6-5-29-27-39(38-37-29)10-14-46-18-20-47-21-22-49-25-26-51-32(34)42/h27H,1-26,28H2,(H2,34,42)(H,35,40)(H,36,41). The van der Waals surface area contributed by atoms with Crippen molar-refractivity contribution in [3.05, 3.63) is 11.9 Å². The number of carbonyl (C=O) groups is 3. The monoisotopic (exact) mass is 754 g/mol. The molecule has 0 unspecified atom stereocenters. The number of hydrogen-bond acceptors (Lipinski definition) is 14. The van der Waals surface area contributed by atoms with E-state index < -0.39 is 6.09 Å². The lowest BCUT2D eigenvalue weighted by Gasteiger charge is -2.09. The molecule has 1 rings (SSSR count). The Morgan fingerprint density at radius 2 is 1.14 bits per heavy atom. The van der Waals surface area contributed by atoms with Gasteiger partial charge in [0.1, 0.15) is 13.2 Å². The third-order valence-corrected chi connectivity index (χ3v) is 6.80. The second-order valence-corrected chi connectivity index (χ2v) is 11.2. The number of hydrogen-bond donors (Lipinski definition) is 3. The van der Waals surface area contributed by atoms with Crippen molar-refractivity contribution in [3.63, 3.8) is 0 Å². The van der Waals surface area contributed by atoms with Crippen molar-refractivity contribution in [2.24, 2.45) is 5.73 Å². The molecule has 0 saturated carbocycles. The van der Waals surface area contributed by atoms with Gasteiger partial charge >= 0.3 is 6.09 Å². The van der Waals surface area contributed by atoms with E-state index in [0.717, 1.165) is 38.0 Å². The van der Waals surface area contributed by atoms with E-state index in [1.807, 2.05) is 0 Å². The Hall–Kier alpha value is -2.68. The number of ether oxygens (including phenoxy) is 9. The summed E-state index contributed by atoms with van der Waals surface area (Å²) in [5.41, 5.74) is 5.56. The van der Waals surface area contributed by atoms with E-state index in [4.69, 9.17) is 55.2 Å². The average molecular weight is 755 g/mol. The Balaban J connectivity index is 1.82. The molecule has 0 atom stereocenters. The van der Waals surface area contributed by atoms with Crippen molar-refractivity contribution < 1.29 is 57.0 Å². The lowest BCUT2D eigenvalue weighted by atomic mass is 10.2. The van der Waals surface area contributed by atoms with Gasteiger partial charge in [-0.3, -0.25) is 9.59 Å². The van der Waals surface area contributed by atoms with Crippen LogP contribution in [0, 0.1) is 0 Å². The summed E-state index contributed by atoms with van der Waals surface area (Å²) >= 11 is 5.65. The largest absolute Gasteiger partial charge is 0.447 e. The normalized spacial score (nSPS) is 11.2. The minimum atomic E-state index is -0.827. The molecule has 0 aliphatic heterocycles. The van der Waals surface area contributed by atoms with E-state index in [9.17, 15) is 14.4 Å². The fourth-order valence-corrected chi connectivity index (χ4v) is 4.14. The highest BCUT2D eigenvalue weighted by Gasteiger charge is 2.06. The summed E-state index contributed by atoms with van der Waals surface area (Å²) in [5, 5.41) is 13.7. The van der Waals surface area contributed by atoms with Crippen LogP contribution in [0.25, 0.3) is 0 Å². The minimum absolute atomic E-state index is 0.0457. The lowest BCUT2D eigenvalue weighted by Crippen LogP contribution is -2.31. The summed E-state index contributed by atoms with van der Waals surface area (Å²) in [7, 11) is 0. The highest BCUT2D eigenvalue weighted by Crippen LogP contribution is 2.01. The maximum atomic E-state index is 12.1. The number of nitrogens with one attached hydrogen (secondary N) is 2. The van der Waals surface area contributed by atoms with Crippen molar-refractivity contribution in [1.82, 2.24) is 25.6 Å². The number of carbonyl (C=O) groups excluding carboxylic acids is 3. The third-order valence-electron chi connectivity index (χ3n) is 6.53. The minimum Gasteiger partial charge on any atom is -0.447 e. The van der Waals surface area contributed by atoms with Gasteiger partial charge in [-0.1, -0.05) is 18.1 Å². The maximum Gasteiger partial charge on any atom is 0.404 e. The molecule has 3 amide bonds. The van der Waals surface area contributed by atoms with Gasteiger partial charge in [0.25, 0.3) is 0 Å². The van der Waals surface area contributed by atoms with E-state index in [-0.39, 0.29) is 44.7 Å². The Bertz CT molecular complexity index is 981. The molecule has 1 aromatic rings. The van der Waals surface area contributed by atoms with Gasteiger partial charge in [-0.15, -0.1) is 16.7 Å². The molecule has 0 saturated heterocycles. The van der Waals surface area contributed by atoms with Crippen LogP contribution in [-0.4, -0.2) is 164 Å². The Morgan fingerprint density at radius 3 is 1.75 bits per heavy atom. The Morgan fingerprint density at radius 1 is 0.627 bits per heavy atom. The van der Waals surface area contributed by atoms with Gasteiger partial charge in [0.2, 0.25) is 11.8 Å². The van der Waals surface area contributed by atoms with E-state index in [1.54, 1.807) is 10.9 Å². The van der Waals surface area contributed by atoms with Crippen LogP contribution in [0.2, 0.25) is 0 Å². The van der Waals surface area contributed by atoms with Gasteiger partial charge in [-0.25, -0.2) is 9.48 Å². The number of nitrogens with zero attached hydrogens (tertiary/aromatic N) is 3. The van der Waals surface area contributed by atoms with Crippen LogP contribution in [0.4, 0.5) is 4.79 Å². The fourth-order valence-electron chi connectivity index (χ4n) is 3.95. The quantitative estimate of drug-likeness (QED) is 0.0619. The van der Waals surface area contributed by atoms with Gasteiger partial charge in [-0.2, -0.15) is 0 Å². The molecule has 0 aliphatic rings. The van der Waals surface area contributed by atoms with E-state index >= 15 is 0 Å². The van der Waals surface area contributed by atoms with E-state index in [1.165, 1.54) is 0 Å².